The Morgan fingerprint density at radius 3 is 1.34 bits per heavy atom. The molecule has 3 N–H and O–H groups in total. The Morgan fingerprint density at radius 1 is 0.553 bits per heavy atom. The van der Waals surface area contributed by atoms with Gasteiger partial charge in [-0.25, -0.2) is 4.57 Å². The number of unbranched alkanes of at least 4 members (excludes halogenated alkanes) is 26. The molecule has 2 atom stereocenters. The molecule has 282 valence electrons. The molecular weight excluding hydrogens is 613 g/mol. The van der Waals surface area contributed by atoms with Gasteiger partial charge in [0.05, 0.1) is 19.8 Å². The molecule has 0 aromatic heterocycles. The summed E-state index contributed by atoms with van der Waals surface area (Å²) in [5, 5.41) is 0. The van der Waals surface area contributed by atoms with E-state index in [0.717, 1.165) is 32.1 Å². The number of hydrogen-bond donors (Lipinski definition) is 2. The molecule has 0 amide bonds. The van der Waals surface area contributed by atoms with Gasteiger partial charge in [0.1, 0.15) is 6.10 Å². The van der Waals surface area contributed by atoms with Gasteiger partial charge in [0, 0.05) is 19.6 Å². The van der Waals surface area contributed by atoms with Crippen LogP contribution in [-0.2, 0) is 27.9 Å². The van der Waals surface area contributed by atoms with Crippen LogP contribution in [-0.4, -0.2) is 49.9 Å². The fourth-order valence-electron chi connectivity index (χ4n) is 5.82. The number of rotatable bonds is 39. The summed E-state index contributed by atoms with van der Waals surface area (Å²) in [6, 6.07) is 0. The first-order chi connectivity index (χ1) is 22.9. The van der Waals surface area contributed by atoms with E-state index in [2.05, 4.69) is 13.8 Å². The molecule has 0 saturated heterocycles. The summed E-state index contributed by atoms with van der Waals surface area (Å²) in [6.07, 6.45) is 35.4. The SMILES string of the molecule is CCCCCCCCCCCCCCCCCCC(=O)OC(COCCCCCCCCCCCCCC)COP(=O)(O)OCCN. The van der Waals surface area contributed by atoms with Crippen LogP contribution in [0.3, 0.4) is 0 Å². The zero-order valence-corrected chi connectivity index (χ0v) is 31.9. The fourth-order valence-corrected chi connectivity index (χ4v) is 6.59. The standard InChI is InChI=1S/C38H78NO7P/c1-3-5-7-9-11-13-15-17-18-19-20-21-23-25-27-29-31-38(40)46-37(36-45-47(41,42)44-34-32-39)35-43-33-30-28-26-24-22-16-14-12-10-8-6-4-2/h37H,3-36,39H2,1-2H3,(H,41,42). The Morgan fingerprint density at radius 2 is 0.936 bits per heavy atom. The van der Waals surface area contributed by atoms with Crippen LogP contribution < -0.4 is 5.73 Å². The van der Waals surface area contributed by atoms with E-state index in [-0.39, 0.29) is 32.3 Å². The van der Waals surface area contributed by atoms with Crippen molar-refractivity contribution in [1.82, 2.24) is 0 Å². The monoisotopic (exact) mass is 692 g/mol. The first kappa shape index (κ1) is 46.5. The summed E-state index contributed by atoms with van der Waals surface area (Å²) >= 11 is 0. The number of carbonyl (C=O) groups is 1. The third-order valence-electron chi connectivity index (χ3n) is 8.77. The van der Waals surface area contributed by atoms with Crippen LogP contribution in [0.2, 0.25) is 0 Å². The molecule has 0 aromatic rings. The summed E-state index contributed by atoms with van der Waals surface area (Å²) < 4.78 is 33.3. The Kier molecular flexibility index (Phi) is 36.4. The predicted molar refractivity (Wildman–Crippen MR) is 197 cm³/mol. The van der Waals surface area contributed by atoms with Gasteiger partial charge in [-0.05, 0) is 12.8 Å². The van der Waals surface area contributed by atoms with Crippen LogP contribution in [0.1, 0.15) is 200 Å². The summed E-state index contributed by atoms with van der Waals surface area (Å²) in [7, 11) is -4.26. The maximum Gasteiger partial charge on any atom is 0.472 e. The summed E-state index contributed by atoms with van der Waals surface area (Å²) in [6.45, 7) is 4.96. The molecular formula is C38H78NO7P. The zero-order valence-electron chi connectivity index (χ0n) is 31.0. The minimum Gasteiger partial charge on any atom is -0.457 e. The number of phosphoric ester groups is 1. The van der Waals surface area contributed by atoms with Crippen molar-refractivity contribution in [2.24, 2.45) is 5.73 Å². The van der Waals surface area contributed by atoms with Gasteiger partial charge in [-0.2, -0.15) is 0 Å². The molecule has 0 aliphatic rings. The van der Waals surface area contributed by atoms with E-state index in [1.165, 1.54) is 148 Å². The van der Waals surface area contributed by atoms with Crippen LogP contribution in [0, 0.1) is 0 Å². The molecule has 0 aliphatic carbocycles. The molecule has 0 aliphatic heterocycles. The highest BCUT2D eigenvalue weighted by Gasteiger charge is 2.25. The molecule has 0 bridgehead atoms. The molecule has 0 aromatic carbocycles. The summed E-state index contributed by atoms with van der Waals surface area (Å²) in [4.78, 5) is 22.4. The second-order valence-corrected chi connectivity index (χ2v) is 15.0. The van der Waals surface area contributed by atoms with Gasteiger partial charge in [-0.15, -0.1) is 0 Å². The third kappa shape index (κ3) is 36.6. The lowest BCUT2D eigenvalue weighted by molar-refractivity contribution is -0.154. The molecule has 8 nitrogen and oxygen atoms in total. The minimum absolute atomic E-state index is 0.0903. The maximum absolute atomic E-state index is 12.5. The number of nitrogens with two attached hydrogens (primary N) is 1. The van der Waals surface area contributed by atoms with E-state index >= 15 is 0 Å². The van der Waals surface area contributed by atoms with Gasteiger partial charge < -0.3 is 20.1 Å². The van der Waals surface area contributed by atoms with Crippen molar-refractivity contribution in [3.05, 3.63) is 0 Å². The number of carbonyl (C=O) groups excluding carboxylic acids is 1. The normalized spacial score (nSPS) is 13.5. The molecule has 0 heterocycles. The molecule has 9 heteroatoms. The van der Waals surface area contributed by atoms with Crippen LogP contribution in [0.5, 0.6) is 0 Å². The highest BCUT2D eigenvalue weighted by atomic mass is 31.2. The lowest BCUT2D eigenvalue weighted by atomic mass is 10.0. The van der Waals surface area contributed by atoms with Crippen molar-refractivity contribution in [1.29, 1.82) is 0 Å². The average Bonchev–Trinajstić information content (AvgIpc) is 3.06. The van der Waals surface area contributed by atoms with Crippen LogP contribution in [0.15, 0.2) is 0 Å². The van der Waals surface area contributed by atoms with E-state index in [0.29, 0.717) is 13.0 Å². The smallest absolute Gasteiger partial charge is 0.457 e. The number of ether oxygens (including phenoxy) is 2. The quantitative estimate of drug-likeness (QED) is 0.0371. The lowest BCUT2D eigenvalue weighted by Gasteiger charge is -2.20. The molecule has 0 radical (unpaired) electrons. The highest BCUT2D eigenvalue weighted by Crippen LogP contribution is 2.43. The first-order valence-corrected chi connectivity index (χ1v) is 21.5. The first-order valence-electron chi connectivity index (χ1n) is 20.0. The topological polar surface area (TPSA) is 117 Å². The van der Waals surface area contributed by atoms with E-state index in [1.54, 1.807) is 0 Å². The molecule has 0 rings (SSSR count). The Labute approximate surface area is 291 Å². The molecule has 0 spiro atoms. The van der Waals surface area contributed by atoms with E-state index in [1.807, 2.05) is 0 Å². The Bertz CT molecular complexity index is 697. The van der Waals surface area contributed by atoms with Gasteiger partial charge in [-0.1, -0.05) is 181 Å². The van der Waals surface area contributed by atoms with E-state index in [9.17, 15) is 14.3 Å². The van der Waals surface area contributed by atoms with Crippen molar-refractivity contribution in [3.8, 4) is 0 Å². The van der Waals surface area contributed by atoms with Crippen molar-refractivity contribution >= 4 is 13.8 Å². The van der Waals surface area contributed by atoms with Crippen molar-refractivity contribution in [3.63, 3.8) is 0 Å². The summed E-state index contributed by atoms with van der Waals surface area (Å²) in [5.41, 5.74) is 5.35. The molecule has 2 unspecified atom stereocenters. The Hall–Kier alpha value is -0.500. The van der Waals surface area contributed by atoms with Gasteiger partial charge in [-0.3, -0.25) is 13.8 Å². The minimum atomic E-state index is -4.26. The van der Waals surface area contributed by atoms with Gasteiger partial charge >= 0.3 is 13.8 Å². The average molecular weight is 692 g/mol. The van der Waals surface area contributed by atoms with Gasteiger partial charge in [0.2, 0.25) is 0 Å². The van der Waals surface area contributed by atoms with Crippen molar-refractivity contribution in [2.45, 2.75) is 206 Å². The van der Waals surface area contributed by atoms with Crippen molar-refractivity contribution < 1.29 is 32.8 Å². The number of phosphoric acid groups is 1. The zero-order chi connectivity index (χ0) is 34.5. The van der Waals surface area contributed by atoms with Crippen LogP contribution in [0.4, 0.5) is 0 Å². The largest absolute Gasteiger partial charge is 0.472 e. The molecule has 0 saturated carbocycles. The summed E-state index contributed by atoms with van der Waals surface area (Å²) in [5.74, 6) is -0.325. The number of hydrogen-bond acceptors (Lipinski definition) is 7. The second kappa shape index (κ2) is 36.8. The van der Waals surface area contributed by atoms with Crippen LogP contribution in [0.25, 0.3) is 0 Å². The number of esters is 1. The van der Waals surface area contributed by atoms with Crippen molar-refractivity contribution in [2.75, 3.05) is 33.0 Å². The second-order valence-electron chi connectivity index (χ2n) is 13.5. The van der Waals surface area contributed by atoms with Gasteiger partial charge in [0.25, 0.3) is 0 Å². The van der Waals surface area contributed by atoms with E-state index < -0.39 is 13.9 Å². The predicted octanol–water partition coefficient (Wildman–Crippen LogP) is 11.4. The van der Waals surface area contributed by atoms with E-state index in [4.69, 9.17) is 24.3 Å². The maximum atomic E-state index is 12.5. The van der Waals surface area contributed by atoms with Crippen LogP contribution >= 0.6 is 7.82 Å². The highest BCUT2D eigenvalue weighted by molar-refractivity contribution is 7.47. The lowest BCUT2D eigenvalue weighted by Crippen LogP contribution is -2.28. The third-order valence-corrected chi connectivity index (χ3v) is 9.76. The fraction of sp³-hybridized carbons (Fsp3) is 0.974. The molecule has 47 heavy (non-hydrogen) atoms. The molecule has 0 fully saturated rings. The Balaban J connectivity index is 4.01. The van der Waals surface area contributed by atoms with Gasteiger partial charge in [0.15, 0.2) is 0 Å².